The molecule has 5 heteroatoms. The summed E-state index contributed by atoms with van der Waals surface area (Å²) in [5.74, 6) is 0. The number of para-hydroxylation sites is 3. The Balaban J connectivity index is 1.40. The summed E-state index contributed by atoms with van der Waals surface area (Å²) in [6.45, 7) is 0. The van der Waals surface area contributed by atoms with Crippen LogP contribution in [0.2, 0.25) is 0 Å². The molecular formula is C44H32N4Pt-2. The van der Waals surface area contributed by atoms with Crippen molar-refractivity contribution in [3.63, 3.8) is 0 Å². The van der Waals surface area contributed by atoms with Crippen LogP contribution in [0.15, 0.2) is 164 Å². The molecule has 0 bridgehead atoms. The number of anilines is 3. The van der Waals surface area contributed by atoms with E-state index in [1.165, 1.54) is 5.52 Å². The second kappa shape index (κ2) is 13.5. The molecule has 0 fully saturated rings. The van der Waals surface area contributed by atoms with Gasteiger partial charge in [0.05, 0.1) is 0 Å². The molecule has 240 valence electrons. The summed E-state index contributed by atoms with van der Waals surface area (Å²) in [7, 11) is 2.11. The Bertz CT molecular complexity index is 2390. The SMILES string of the molecule is Cn1[c](=[Pt])n(-c2[c-]c(N(c3[c-]c(Cc4ccccn4)ccc3)c3c(-c4ccccc4)cccc3-c3ccccc3)ccc2)c2ccccc21. The van der Waals surface area contributed by atoms with Gasteiger partial charge in [-0.2, -0.15) is 0 Å². The van der Waals surface area contributed by atoms with Gasteiger partial charge in [-0.25, -0.2) is 0 Å². The molecule has 0 aliphatic heterocycles. The average molecular weight is 812 g/mol. The van der Waals surface area contributed by atoms with Crippen LogP contribution in [0.5, 0.6) is 0 Å². The first-order chi connectivity index (χ1) is 24.2. The first-order valence-electron chi connectivity index (χ1n) is 16.3. The van der Waals surface area contributed by atoms with E-state index in [0.717, 1.165) is 65.6 Å². The molecule has 8 rings (SSSR count). The molecule has 49 heavy (non-hydrogen) atoms. The molecule has 0 unspecified atom stereocenters. The molecule has 0 radical (unpaired) electrons. The average Bonchev–Trinajstić information content (AvgIpc) is 3.42. The van der Waals surface area contributed by atoms with E-state index >= 15 is 0 Å². The van der Waals surface area contributed by atoms with Gasteiger partial charge in [-0.3, -0.25) is 0 Å². The van der Waals surface area contributed by atoms with Crippen molar-refractivity contribution in [3.05, 3.63) is 191 Å². The van der Waals surface area contributed by atoms with E-state index in [0.29, 0.717) is 6.42 Å². The molecule has 0 amide bonds. The summed E-state index contributed by atoms with van der Waals surface area (Å²) in [4.78, 5) is 6.94. The molecule has 0 aliphatic carbocycles. The minimum absolute atomic E-state index is 0.683. The number of benzene rings is 6. The van der Waals surface area contributed by atoms with Gasteiger partial charge in [-0.1, -0.05) is 6.07 Å². The molecule has 2 aromatic heterocycles. The van der Waals surface area contributed by atoms with E-state index in [1.54, 1.807) is 0 Å². The van der Waals surface area contributed by atoms with E-state index in [-0.39, 0.29) is 0 Å². The Hall–Kier alpha value is -5.57. The van der Waals surface area contributed by atoms with Gasteiger partial charge in [0.1, 0.15) is 0 Å². The number of pyridine rings is 1. The van der Waals surface area contributed by atoms with Gasteiger partial charge in [-0.05, 0) is 6.07 Å². The summed E-state index contributed by atoms with van der Waals surface area (Å²) in [5.41, 5.74) is 12.8. The quantitative estimate of drug-likeness (QED) is 0.143. The predicted molar refractivity (Wildman–Crippen MR) is 196 cm³/mol. The van der Waals surface area contributed by atoms with Crippen molar-refractivity contribution < 1.29 is 19.4 Å². The Morgan fingerprint density at radius 3 is 1.86 bits per heavy atom. The fraction of sp³-hybridized carbons (Fsp3) is 0.0455. The third-order valence-electron chi connectivity index (χ3n) is 8.76. The van der Waals surface area contributed by atoms with Gasteiger partial charge < -0.3 is 0 Å². The van der Waals surface area contributed by atoms with Gasteiger partial charge >= 0.3 is 281 Å². The number of aromatic nitrogens is 3. The summed E-state index contributed by atoms with van der Waals surface area (Å²) in [6, 6.07) is 62.9. The molecule has 0 spiro atoms. The van der Waals surface area contributed by atoms with E-state index in [4.69, 9.17) is 0 Å². The number of nitrogens with zero attached hydrogens (tertiary/aromatic N) is 4. The van der Waals surface area contributed by atoms with Crippen LogP contribution in [0.1, 0.15) is 11.3 Å². The van der Waals surface area contributed by atoms with E-state index < -0.39 is 0 Å². The van der Waals surface area contributed by atoms with Crippen molar-refractivity contribution in [2.45, 2.75) is 6.42 Å². The number of rotatable bonds is 8. The van der Waals surface area contributed by atoms with Crippen LogP contribution >= 0.6 is 0 Å². The van der Waals surface area contributed by atoms with Gasteiger partial charge in [0.15, 0.2) is 0 Å². The van der Waals surface area contributed by atoms with Gasteiger partial charge in [0.25, 0.3) is 0 Å². The van der Waals surface area contributed by atoms with E-state index in [1.807, 2.05) is 18.3 Å². The second-order valence-electron chi connectivity index (χ2n) is 11.9. The molecule has 0 N–H and O–H groups in total. The zero-order chi connectivity index (χ0) is 33.2. The summed E-state index contributed by atoms with van der Waals surface area (Å²) in [6.07, 6.45) is 2.53. The normalized spacial score (nSPS) is 11.2. The Labute approximate surface area is 297 Å². The molecule has 0 saturated carbocycles. The van der Waals surface area contributed by atoms with Crippen LogP contribution < -0.4 is 4.90 Å². The second-order valence-corrected chi connectivity index (χ2v) is 12.9. The zero-order valence-corrected chi connectivity index (χ0v) is 29.2. The van der Waals surface area contributed by atoms with Gasteiger partial charge in [0, 0.05) is 6.20 Å². The van der Waals surface area contributed by atoms with Crippen molar-refractivity contribution in [3.8, 4) is 27.9 Å². The number of hydrogen-bond acceptors (Lipinski definition) is 2. The van der Waals surface area contributed by atoms with Crippen molar-refractivity contribution >= 4 is 28.1 Å². The van der Waals surface area contributed by atoms with Crippen molar-refractivity contribution in [2.75, 3.05) is 4.90 Å². The number of aryl methyl sites for hydroxylation is 1. The molecule has 8 aromatic rings. The van der Waals surface area contributed by atoms with Crippen LogP contribution in [0.3, 0.4) is 0 Å². The Morgan fingerprint density at radius 2 is 1.18 bits per heavy atom. The number of fused-ring (bicyclic) bond motifs is 1. The van der Waals surface area contributed by atoms with Crippen molar-refractivity contribution in [1.29, 1.82) is 0 Å². The molecule has 0 saturated heterocycles. The fourth-order valence-corrected chi connectivity index (χ4v) is 7.31. The molecular weight excluding hydrogens is 780 g/mol. The summed E-state index contributed by atoms with van der Waals surface area (Å²) >= 11 is 2.41. The summed E-state index contributed by atoms with van der Waals surface area (Å²) in [5, 5.41) is 0. The monoisotopic (exact) mass is 811 g/mol. The molecule has 0 aliphatic rings. The van der Waals surface area contributed by atoms with Crippen molar-refractivity contribution in [2.24, 2.45) is 7.05 Å². The number of hydrogen-bond donors (Lipinski definition) is 0. The third kappa shape index (κ3) is 6.01. The standard InChI is InChI=1S/C44H32N4.Pt/c1-46-32-47(43-27-9-8-26-42(43)46)37-21-13-23-39(31-37)48(38-22-12-15-33(30-38)29-36-20-10-11-28-45-36)44-40(34-16-4-2-5-17-34)24-14-25-41(44)35-18-6-3-7-19-35;/h2-28H,29H2,1H3;/q-2;. The van der Waals surface area contributed by atoms with Crippen LogP contribution in [0.4, 0.5) is 17.1 Å². The van der Waals surface area contributed by atoms with Crippen LogP contribution in [-0.2, 0) is 32.8 Å². The fourth-order valence-electron chi connectivity index (χ4n) is 6.49. The predicted octanol–water partition coefficient (Wildman–Crippen LogP) is 10.4. The molecule has 0 atom stereocenters. The molecule has 6 aromatic carbocycles. The third-order valence-corrected chi connectivity index (χ3v) is 10.0. The minimum atomic E-state index is 0.683. The van der Waals surface area contributed by atoms with Crippen LogP contribution in [0.25, 0.3) is 39.0 Å². The molecule has 4 nitrogen and oxygen atoms in total. The first-order valence-corrected chi connectivity index (χ1v) is 17.4. The van der Waals surface area contributed by atoms with Gasteiger partial charge in [-0.15, -0.1) is 0 Å². The first kappa shape index (κ1) is 30.7. The summed E-state index contributed by atoms with van der Waals surface area (Å²) < 4.78 is 5.60. The molecule has 2 heterocycles. The van der Waals surface area contributed by atoms with E-state index in [9.17, 15) is 0 Å². The van der Waals surface area contributed by atoms with Crippen molar-refractivity contribution in [1.82, 2.24) is 14.1 Å². The van der Waals surface area contributed by atoms with Crippen LogP contribution in [0, 0.1) is 15.9 Å². The van der Waals surface area contributed by atoms with E-state index in [2.05, 4.69) is 203 Å². The van der Waals surface area contributed by atoms with Crippen LogP contribution in [-0.4, -0.2) is 14.1 Å². The topological polar surface area (TPSA) is 26.0 Å². The Kier molecular flexibility index (Phi) is 8.47. The maximum atomic E-state index is 4.61. The van der Waals surface area contributed by atoms with Gasteiger partial charge in [0.2, 0.25) is 0 Å². The Morgan fingerprint density at radius 1 is 0.592 bits per heavy atom. The number of imidazole rings is 1. The zero-order valence-electron chi connectivity index (χ0n) is 26.9. The maximum absolute atomic E-state index is 4.61.